The summed E-state index contributed by atoms with van der Waals surface area (Å²) >= 11 is 1.74. The van der Waals surface area contributed by atoms with Crippen LogP contribution in [-0.2, 0) is 11.2 Å². The van der Waals surface area contributed by atoms with Gasteiger partial charge in [0.15, 0.2) is 5.78 Å². The van der Waals surface area contributed by atoms with Gasteiger partial charge >= 0.3 is 0 Å². The first-order chi connectivity index (χ1) is 12.7. The van der Waals surface area contributed by atoms with E-state index in [4.69, 9.17) is 4.74 Å². The molecule has 0 unspecified atom stereocenters. The van der Waals surface area contributed by atoms with Crippen LogP contribution in [0.5, 0.6) is 5.75 Å². The highest BCUT2D eigenvalue weighted by Gasteiger charge is 2.27. The Balaban J connectivity index is 1.44. The molecule has 0 atom stereocenters. The number of thiophene rings is 1. The van der Waals surface area contributed by atoms with Gasteiger partial charge in [-0.15, -0.1) is 11.3 Å². The summed E-state index contributed by atoms with van der Waals surface area (Å²) in [6.45, 7) is 1.37. The number of hydrogen-bond donors (Lipinski definition) is 0. The van der Waals surface area contributed by atoms with Crippen LogP contribution in [0.15, 0.2) is 41.8 Å². The lowest BCUT2D eigenvalue weighted by Gasteiger charge is -2.31. The van der Waals surface area contributed by atoms with Gasteiger partial charge in [-0.1, -0.05) is 6.07 Å². The lowest BCUT2D eigenvalue weighted by atomic mass is 9.88. The molecule has 1 aliphatic heterocycles. The summed E-state index contributed by atoms with van der Waals surface area (Å²) in [6.07, 6.45) is 3.96. The van der Waals surface area contributed by atoms with E-state index < -0.39 is 0 Å². The number of benzene rings is 1. The Kier molecular flexibility index (Phi) is 6.45. The van der Waals surface area contributed by atoms with Crippen LogP contribution in [0, 0.1) is 5.92 Å². The van der Waals surface area contributed by atoms with Crippen LogP contribution in [-0.4, -0.2) is 36.8 Å². The minimum absolute atomic E-state index is 0.0126. The van der Waals surface area contributed by atoms with Crippen LogP contribution in [0.3, 0.4) is 0 Å². The molecular weight excluding hydrogens is 346 g/mol. The Labute approximate surface area is 158 Å². The Bertz CT molecular complexity index is 716. The molecule has 4 nitrogen and oxygen atoms in total. The smallest absolute Gasteiger partial charge is 0.222 e. The number of likely N-dealkylation sites (tertiary alicyclic amines) is 1. The molecule has 1 aromatic carbocycles. The molecule has 2 aromatic rings. The number of ketones is 1. The van der Waals surface area contributed by atoms with E-state index in [1.807, 2.05) is 35.2 Å². The van der Waals surface area contributed by atoms with Gasteiger partial charge in [0.1, 0.15) is 5.75 Å². The SMILES string of the molecule is COc1ccc(C(=O)C2CCN(C(=O)CCCc3cccs3)CC2)cc1. The van der Waals surface area contributed by atoms with Gasteiger partial charge < -0.3 is 9.64 Å². The van der Waals surface area contributed by atoms with E-state index in [9.17, 15) is 9.59 Å². The maximum atomic E-state index is 12.6. The van der Waals surface area contributed by atoms with Crippen LogP contribution in [0.1, 0.15) is 40.9 Å². The van der Waals surface area contributed by atoms with Crippen molar-refractivity contribution in [1.29, 1.82) is 0 Å². The number of ether oxygens (including phenoxy) is 1. The fourth-order valence-electron chi connectivity index (χ4n) is 3.41. The zero-order chi connectivity index (χ0) is 18.4. The number of amides is 1. The van der Waals surface area contributed by atoms with Gasteiger partial charge in [0.05, 0.1) is 7.11 Å². The number of methoxy groups -OCH3 is 1. The number of carbonyl (C=O) groups excluding carboxylic acids is 2. The molecule has 138 valence electrons. The second kappa shape index (κ2) is 8.99. The molecule has 2 heterocycles. The average Bonchev–Trinajstić information content (AvgIpc) is 3.21. The molecule has 26 heavy (non-hydrogen) atoms. The standard InChI is InChI=1S/C21H25NO3S/c1-25-18-9-7-16(8-10-18)21(24)17-11-13-22(14-12-17)20(23)6-2-4-19-5-3-15-26-19/h3,5,7-10,15,17H,2,4,6,11-14H2,1H3. The van der Waals surface area contributed by atoms with Crippen molar-refractivity contribution in [2.75, 3.05) is 20.2 Å². The zero-order valence-electron chi connectivity index (χ0n) is 15.1. The largest absolute Gasteiger partial charge is 0.497 e. The van der Waals surface area contributed by atoms with Crippen molar-refractivity contribution in [2.45, 2.75) is 32.1 Å². The molecule has 1 amide bonds. The lowest BCUT2D eigenvalue weighted by Crippen LogP contribution is -2.40. The van der Waals surface area contributed by atoms with Crippen molar-refractivity contribution in [1.82, 2.24) is 4.90 Å². The molecule has 0 N–H and O–H groups in total. The molecule has 0 spiro atoms. The normalized spacial score (nSPS) is 15.0. The van der Waals surface area contributed by atoms with Crippen LogP contribution in [0.4, 0.5) is 0 Å². The van der Waals surface area contributed by atoms with E-state index in [0.717, 1.165) is 37.0 Å². The highest BCUT2D eigenvalue weighted by Crippen LogP contribution is 2.24. The predicted molar refractivity (Wildman–Crippen MR) is 104 cm³/mol. The highest BCUT2D eigenvalue weighted by molar-refractivity contribution is 7.09. The molecule has 1 aromatic heterocycles. The fourth-order valence-corrected chi connectivity index (χ4v) is 4.16. The second-order valence-electron chi connectivity index (χ2n) is 6.68. The minimum atomic E-state index is 0.0126. The summed E-state index contributed by atoms with van der Waals surface area (Å²) < 4.78 is 5.14. The Morgan fingerprint density at radius 2 is 1.88 bits per heavy atom. The maximum Gasteiger partial charge on any atom is 0.222 e. The van der Waals surface area contributed by atoms with Crippen molar-refractivity contribution >= 4 is 23.0 Å². The topological polar surface area (TPSA) is 46.6 Å². The van der Waals surface area contributed by atoms with E-state index in [1.165, 1.54) is 4.88 Å². The molecule has 0 aliphatic carbocycles. The predicted octanol–water partition coefficient (Wildman–Crippen LogP) is 4.20. The molecule has 0 saturated carbocycles. The van der Waals surface area contributed by atoms with E-state index in [0.29, 0.717) is 19.5 Å². The number of piperidine rings is 1. The Morgan fingerprint density at radius 1 is 1.15 bits per heavy atom. The first-order valence-electron chi connectivity index (χ1n) is 9.16. The highest BCUT2D eigenvalue weighted by atomic mass is 32.1. The summed E-state index contributed by atoms with van der Waals surface area (Å²) in [5.41, 5.74) is 0.728. The molecule has 1 aliphatic rings. The molecule has 0 bridgehead atoms. The average molecular weight is 372 g/mol. The maximum absolute atomic E-state index is 12.6. The number of Topliss-reactive ketones (excluding diaryl/α,β-unsaturated/α-hetero) is 1. The monoisotopic (exact) mass is 371 g/mol. The summed E-state index contributed by atoms with van der Waals surface area (Å²) in [7, 11) is 1.62. The van der Waals surface area contributed by atoms with E-state index in [-0.39, 0.29) is 17.6 Å². The van der Waals surface area contributed by atoms with Gasteiger partial charge in [0.25, 0.3) is 0 Å². The van der Waals surface area contributed by atoms with Gasteiger partial charge in [-0.25, -0.2) is 0 Å². The quantitative estimate of drug-likeness (QED) is 0.685. The number of hydrogen-bond acceptors (Lipinski definition) is 4. The van der Waals surface area contributed by atoms with Crippen molar-refractivity contribution in [3.8, 4) is 5.75 Å². The molecule has 1 saturated heterocycles. The van der Waals surface area contributed by atoms with Crippen molar-refractivity contribution in [2.24, 2.45) is 5.92 Å². The van der Waals surface area contributed by atoms with Crippen molar-refractivity contribution in [3.05, 3.63) is 52.2 Å². The third kappa shape index (κ3) is 4.73. The van der Waals surface area contributed by atoms with Crippen LogP contribution >= 0.6 is 11.3 Å². The van der Waals surface area contributed by atoms with Gasteiger partial charge in [0, 0.05) is 35.9 Å². The molecule has 3 rings (SSSR count). The Hall–Kier alpha value is -2.14. The van der Waals surface area contributed by atoms with Crippen LogP contribution in [0.25, 0.3) is 0 Å². The van der Waals surface area contributed by atoms with Crippen molar-refractivity contribution in [3.63, 3.8) is 0 Å². The van der Waals surface area contributed by atoms with Gasteiger partial charge in [-0.05, 0) is 61.4 Å². The van der Waals surface area contributed by atoms with Crippen molar-refractivity contribution < 1.29 is 14.3 Å². The molecular formula is C21H25NO3S. The summed E-state index contributed by atoms with van der Waals surface area (Å²) in [5, 5.41) is 2.07. The number of carbonyl (C=O) groups is 2. The number of aryl methyl sites for hydroxylation is 1. The molecule has 0 radical (unpaired) electrons. The van der Waals surface area contributed by atoms with Crippen LogP contribution < -0.4 is 4.74 Å². The zero-order valence-corrected chi connectivity index (χ0v) is 16.0. The number of nitrogens with zero attached hydrogens (tertiary/aromatic N) is 1. The fraction of sp³-hybridized carbons (Fsp3) is 0.429. The summed E-state index contributed by atoms with van der Waals surface area (Å²) in [4.78, 5) is 28.3. The summed E-state index contributed by atoms with van der Waals surface area (Å²) in [5.74, 6) is 1.16. The third-order valence-corrected chi connectivity index (χ3v) is 5.92. The minimum Gasteiger partial charge on any atom is -0.497 e. The van der Waals surface area contributed by atoms with Gasteiger partial charge in [-0.2, -0.15) is 0 Å². The Morgan fingerprint density at radius 3 is 2.50 bits per heavy atom. The molecule has 1 fully saturated rings. The molecule has 5 heteroatoms. The van der Waals surface area contributed by atoms with Gasteiger partial charge in [-0.3, -0.25) is 9.59 Å². The first-order valence-corrected chi connectivity index (χ1v) is 10.0. The van der Waals surface area contributed by atoms with E-state index in [2.05, 4.69) is 11.4 Å². The first kappa shape index (κ1) is 18.6. The third-order valence-electron chi connectivity index (χ3n) is 4.99. The summed E-state index contributed by atoms with van der Waals surface area (Å²) in [6, 6.07) is 11.4. The van der Waals surface area contributed by atoms with Crippen LogP contribution in [0.2, 0.25) is 0 Å². The van der Waals surface area contributed by atoms with E-state index >= 15 is 0 Å². The number of rotatable bonds is 7. The lowest BCUT2D eigenvalue weighted by molar-refractivity contribution is -0.132. The van der Waals surface area contributed by atoms with Gasteiger partial charge in [0.2, 0.25) is 5.91 Å². The second-order valence-corrected chi connectivity index (χ2v) is 7.71. The van der Waals surface area contributed by atoms with E-state index in [1.54, 1.807) is 18.4 Å².